The van der Waals surface area contributed by atoms with Gasteiger partial charge in [0.15, 0.2) is 5.78 Å². The average molecular weight is 284 g/mol. The molecule has 0 aliphatic carbocycles. The van der Waals surface area contributed by atoms with Gasteiger partial charge in [-0.05, 0) is 25.0 Å². The van der Waals surface area contributed by atoms with E-state index in [0.29, 0.717) is 6.42 Å². The van der Waals surface area contributed by atoms with Crippen LogP contribution in [0, 0.1) is 17.1 Å². The quantitative estimate of drug-likeness (QED) is 0.472. The van der Waals surface area contributed by atoms with E-state index in [0.717, 1.165) is 18.2 Å². The van der Waals surface area contributed by atoms with Crippen LogP contribution in [0.1, 0.15) is 35.2 Å². The molecule has 84 valence electrons. The molecule has 0 amide bonds. The van der Waals surface area contributed by atoms with Gasteiger partial charge in [-0.15, -0.1) is 0 Å². The number of hydrogen-bond donors (Lipinski definition) is 0. The van der Waals surface area contributed by atoms with Crippen LogP contribution in [0.25, 0.3) is 0 Å². The van der Waals surface area contributed by atoms with Crippen LogP contribution in [-0.2, 0) is 0 Å². The second-order valence-corrected chi connectivity index (χ2v) is 4.14. The number of carbonyl (C=O) groups is 1. The first kappa shape index (κ1) is 12.9. The lowest BCUT2D eigenvalue weighted by atomic mass is 10.0. The number of carbonyl (C=O) groups excluding carboxylic acids is 1. The lowest BCUT2D eigenvalue weighted by molar-refractivity contribution is 0.0979. The standard InChI is InChI=1S/C12H11BrFNO/c13-7-2-1-6-12(16)9-4-3-5-11(14)10(9)8-15/h3-5H,1-2,6-7H2. The first-order valence-corrected chi connectivity index (χ1v) is 6.10. The minimum Gasteiger partial charge on any atom is -0.294 e. The molecule has 16 heavy (non-hydrogen) atoms. The summed E-state index contributed by atoms with van der Waals surface area (Å²) in [6, 6.07) is 5.87. The van der Waals surface area contributed by atoms with Crippen LogP contribution in [0.2, 0.25) is 0 Å². The Balaban J connectivity index is 2.84. The number of rotatable bonds is 5. The summed E-state index contributed by atoms with van der Waals surface area (Å²) in [5.41, 5.74) is 0.0448. The van der Waals surface area contributed by atoms with Gasteiger partial charge in [0, 0.05) is 17.3 Å². The Morgan fingerprint density at radius 2 is 2.19 bits per heavy atom. The lowest BCUT2D eigenvalue weighted by Gasteiger charge is -2.03. The fourth-order valence-electron chi connectivity index (χ4n) is 1.38. The van der Waals surface area contributed by atoms with E-state index in [9.17, 15) is 9.18 Å². The molecule has 4 heteroatoms. The van der Waals surface area contributed by atoms with Crippen molar-refractivity contribution in [1.82, 2.24) is 0 Å². The summed E-state index contributed by atoms with van der Waals surface area (Å²) in [4.78, 5) is 11.7. The molecule has 1 aromatic carbocycles. The summed E-state index contributed by atoms with van der Waals surface area (Å²) < 4.78 is 13.2. The highest BCUT2D eigenvalue weighted by Gasteiger charge is 2.14. The summed E-state index contributed by atoms with van der Waals surface area (Å²) in [7, 11) is 0. The van der Waals surface area contributed by atoms with Gasteiger partial charge in [-0.3, -0.25) is 4.79 Å². The van der Waals surface area contributed by atoms with Crippen LogP contribution < -0.4 is 0 Å². The Hall–Kier alpha value is -1.21. The molecule has 0 fully saturated rings. The molecule has 0 saturated heterocycles. The molecule has 0 unspecified atom stereocenters. The summed E-state index contributed by atoms with van der Waals surface area (Å²) in [5, 5.41) is 9.61. The van der Waals surface area contributed by atoms with E-state index in [1.165, 1.54) is 18.2 Å². The highest BCUT2D eigenvalue weighted by Crippen LogP contribution is 2.15. The summed E-state index contributed by atoms with van der Waals surface area (Å²) in [6.45, 7) is 0. The third-order valence-corrected chi connectivity index (χ3v) is 2.77. The second kappa shape index (κ2) is 6.39. The van der Waals surface area contributed by atoms with Crippen LogP contribution in [0.3, 0.4) is 0 Å². The topological polar surface area (TPSA) is 40.9 Å². The van der Waals surface area contributed by atoms with Crippen molar-refractivity contribution in [2.75, 3.05) is 5.33 Å². The van der Waals surface area contributed by atoms with E-state index in [2.05, 4.69) is 15.9 Å². The molecule has 0 saturated carbocycles. The molecule has 0 aliphatic heterocycles. The second-order valence-electron chi connectivity index (χ2n) is 3.34. The normalized spacial score (nSPS) is 9.81. The summed E-state index contributed by atoms with van der Waals surface area (Å²) >= 11 is 3.27. The van der Waals surface area contributed by atoms with E-state index in [4.69, 9.17) is 5.26 Å². The fraction of sp³-hybridized carbons (Fsp3) is 0.333. The van der Waals surface area contributed by atoms with Crippen molar-refractivity contribution in [2.45, 2.75) is 19.3 Å². The van der Waals surface area contributed by atoms with E-state index in [1.807, 2.05) is 0 Å². The van der Waals surface area contributed by atoms with Gasteiger partial charge in [0.2, 0.25) is 0 Å². The van der Waals surface area contributed by atoms with Crippen LogP contribution in [0.15, 0.2) is 18.2 Å². The Labute approximate surface area is 102 Å². The minimum absolute atomic E-state index is 0.147. The maximum atomic E-state index is 13.2. The van der Waals surface area contributed by atoms with Crippen molar-refractivity contribution >= 4 is 21.7 Å². The molecular formula is C12H11BrFNO. The van der Waals surface area contributed by atoms with Crippen molar-refractivity contribution < 1.29 is 9.18 Å². The minimum atomic E-state index is -0.631. The van der Waals surface area contributed by atoms with E-state index in [-0.39, 0.29) is 16.9 Å². The maximum Gasteiger partial charge on any atom is 0.164 e. The van der Waals surface area contributed by atoms with Gasteiger partial charge in [0.25, 0.3) is 0 Å². The number of hydrogen-bond acceptors (Lipinski definition) is 2. The molecule has 2 nitrogen and oxygen atoms in total. The predicted octanol–water partition coefficient (Wildman–Crippen LogP) is 3.45. The van der Waals surface area contributed by atoms with Gasteiger partial charge in [-0.25, -0.2) is 4.39 Å². The SMILES string of the molecule is N#Cc1c(F)cccc1C(=O)CCCCBr. The Morgan fingerprint density at radius 3 is 2.81 bits per heavy atom. The Morgan fingerprint density at radius 1 is 1.44 bits per heavy atom. The molecular weight excluding hydrogens is 273 g/mol. The van der Waals surface area contributed by atoms with Gasteiger partial charge >= 0.3 is 0 Å². The number of alkyl halides is 1. The van der Waals surface area contributed by atoms with E-state index >= 15 is 0 Å². The number of benzene rings is 1. The van der Waals surface area contributed by atoms with Gasteiger partial charge in [0.05, 0.1) is 5.56 Å². The number of nitrogens with zero attached hydrogens (tertiary/aromatic N) is 1. The van der Waals surface area contributed by atoms with Crippen molar-refractivity contribution in [1.29, 1.82) is 5.26 Å². The maximum absolute atomic E-state index is 13.2. The molecule has 0 bridgehead atoms. The zero-order valence-corrected chi connectivity index (χ0v) is 10.3. The van der Waals surface area contributed by atoms with Crippen LogP contribution in [0.4, 0.5) is 4.39 Å². The van der Waals surface area contributed by atoms with Crippen LogP contribution in [-0.4, -0.2) is 11.1 Å². The Bertz CT molecular complexity index is 426. The van der Waals surface area contributed by atoms with Crippen molar-refractivity contribution in [3.63, 3.8) is 0 Å². The molecule has 0 atom stereocenters. The fourth-order valence-corrected chi connectivity index (χ4v) is 1.78. The van der Waals surface area contributed by atoms with Crippen molar-refractivity contribution in [3.8, 4) is 6.07 Å². The van der Waals surface area contributed by atoms with Gasteiger partial charge in [-0.2, -0.15) is 5.26 Å². The lowest BCUT2D eigenvalue weighted by Crippen LogP contribution is -2.03. The molecule has 0 heterocycles. The smallest absolute Gasteiger partial charge is 0.164 e. The number of halogens is 2. The van der Waals surface area contributed by atoms with E-state index in [1.54, 1.807) is 6.07 Å². The number of Topliss-reactive ketones (excluding diaryl/α,β-unsaturated/α-hetero) is 1. The largest absolute Gasteiger partial charge is 0.294 e. The van der Waals surface area contributed by atoms with Gasteiger partial charge in [-0.1, -0.05) is 22.0 Å². The third kappa shape index (κ3) is 3.14. The van der Waals surface area contributed by atoms with Crippen molar-refractivity contribution in [3.05, 3.63) is 35.1 Å². The van der Waals surface area contributed by atoms with Crippen molar-refractivity contribution in [2.24, 2.45) is 0 Å². The van der Waals surface area contributed by atoms with Crippen LogP contribution >= 0.6 is 15.9 Å². The zero-order valence-electron chi connectivity index (χ0n) is 8.67. The molecule has 0 radical (unpaired) electrons. The van der Waals surface area contributed by atoms with Gasteiger partial charge < -0.3 is 0 Å². The zero-order chi connectivity index (χ0) is 12.0. The average Bonchev–Trinajstić information content (AvgIpc) is 2.29. The predicted molar refractivity (Wildman–Crippen MR) is 63.1 cm³/mol. The van der Waals surface area contributed by atoms with Crippen LogP contribution in [0.5, 0.6) is 0 Å². The highest BCUT2D eigenvalue weighted by molar-refractivity contribution is 9.09. The molecule has 0 aromatic heterocycles. The van der Waals surface area contributed by atoms with E-state index < -0.39 is 5.82 Å². The summed E-state index contributed by atoms with van der Waals surface area (Å²) in [6.07, 6.45) is 1.98. The Kier molecular flexibility index (Phi) is 5.13. The highest BCUT2D eigenvalue weighted by atomic mass is 79.9. The number of unbranched alkanes of at least 4 members (excludes halogenated alkanes) is 1. The first-order valence-electron chi connectivity index (χ1n) is 4.98. The summed E-state index contributed by atoms with van der Waals surface area (Å²) in [5.74, 6) is -0.800. The third-order valence-electron chi connectivity index (χ3n) is 2.21. The molecule has 0 spiro atoms. The first-order chi connectivity index (χ1) is 7.70. The monoisotopic (exact) mass is 283 g/mol. The van der Waals surface area contributed by atoms with Gasteiger partial charge in [0.1, 0.15) is 11.9 Å². The molecule has 0 aliphatic rings. The molecule has 1 aromatic rings. The number of ketones is 1. The molecule has 1 rings (SSSR count). The molecule has 0 N–H and O–H groups in total. The number of nitriles is 1.